The molecule has 1 aromatic carbocycles. The number of benzene rings is 1. The lowest BCUT2D eigenvalue weighted by Crippen LogP contribution is -2.52. The molecular formula is C14H20FN3O2. The molecule has 110 valence electrons. The Morgan fingerprint density at radius 2 is 2.30 bits per heavy atom. The van der Waals surface area contributed by atoms with Crippen LogP contribution in [0.5, 0.6) is 0 Å². The highest BCUT2D eigenvalue weighted by atomic mass is 19.1. The first-order valence-electron chi connectivity index (χ1n) is 6.70. The minimum Gasteiger partial charge on any atom is -0.374 e. The fraction of sp³-hybridized carbons (Fsp3) is 0.500. The Morgan fingerprint density at radius 3 is 3.00 bits per heavy atom. The van der Waals surface area contributed by atoms with E-state index in [1.807, 2.05) is 11.8 Å². The van der Waals surface area contributed by atoms with Crippen molar-refractivity contribution in [2.75, 3.05) is 31.6 Å². The number of hydrogen-bond donors (Lipinski definition) is 2. The van der Waals surface area contributed by atoms with Crippen LogP contribution < -0.4 is 11.1 Å². The minimum atomic E-state index is -0.435. The van der Waals surface area contributed by atoms with Crippen LogP contribution in [-0.2, 0) is 9.53 Å². The highest BCUT2D eigenvalue weighted by Crippen LogP contribution is 2.14. The molecule has 3 N–H and O–H groups in total. The summed E-state index contributed by atoms with van der Waals surface area (Å²) >= 11 is 0. The van der Waals surface area contributed by atoms with Crippen LogP contribution in [0.2, 0.25) is 0 Å². The van der Waals surface area contributed by atoms with Crippen LogP contribution in [-0.4, -0.2) is 49.2 Å². The lowest BCUT2D eigenvalue weighted by molar-refractivity contribution is -0.121. The third-order valence-electron chi connectivity index (χ3n) is 3.39. The molecule has 2 unspecified atom stereocenters. The molecule has 0 bridgehead atoms. The first-order chi connectivity index (χ1) is 9.60. The smallest absolute Gasteiger partial charge is 0.238 e. The van der Waals surface area contributed by atoms with Gasteiger partial charge in [-0.15, -0.1) is 0 Å². The summed E-state index contributed by atoms with van der Waals surface area (Å²) in [6.45, 7) is 3.79. The second-order valence-corrected chi connectivity index (χ2v) is 5.00. The maximum atomic E-state index is 13.5. The number of nitrogens with one attached hydrogen (secondary N) is 1. The standard InChI is InChI=1S/C14H20FN3O2/c1-10-9-20-11(6-16)7-18(10)8-14(19)17-13-5-3-2-4-12(13)15/h2-5,10-11H,6-9,16H2,1H3,(H,17,19). The quantitative estimate of drug-likeness (QED) is 0.857. The zero-order valence-corrected chi connectivity index (χ0v) is 11.5. The molecule has 0 radical (unpaired) electrons. The van der Waals surface area contributed by atoms with E-state index in [4.69, 9.17) is 10.5 Å². The lowest BCUT2D eigenvalue weighted by atomic mass is 10.2. The fourth-order valence-electron chi connectivity index (χ4n) is 2.17. The first-order valence-corrected chi connectivity index (χ1v) is 6.70. The number of para-hydroxylation sites is 1. The van der Waals surface area contributed by atoms with Gasteiger partial charge in [0.15, 0.2) is 0 Å². The molecule has 6 heteroatoms. The number of hydrogen-bond acceptors (Lipinski definition) is 4. The van der Waals surface area contributed by atoms with Gasteiger partial charge in [-0.2, -0.15) is 0 Å². The van der Waals surface area contributed by atoms with Crippen molar-refractivity contribution in [1.29, 1.82) is 0 Å². The predicted octanol–water partition coefficient (Wildman–Crippen LogP) is 0.812. The zero-order valence-electron chi connectivity index (χ0n) is 11.5. The molecule has 20 heavy (non-hydrogen) atoms. The van der Waals surface area contributed by atoms with Crippen molar-refractivity contribution in [2.24, 2.45) is 5.73 Å². The molecular weight excluding hydrogens is 261 g/mol. The van der Waals surface area contributed by atoms with Crippen LogP contribution in [0.1, 0.15) is 6.92 Å². The molecule has 0 aromatic heterocycles. The van der Waals surface area contributed by atoms with Gasteiger partial charge in [0.05, 0.1) is 24.9 Å². The monoisotopic (exact) mass is 281 g/mol. The van der Waals surface area contributed by atoms with E-state index in [-0.39, 0.29) is 30.3 Å². The van der Waals surface area contributed by atoms with Gasteiger partial charge in [0.25, 0.3) is 0 Å². The van der Waals surface area contributed by atoms with Gasteiger partial charge >= 0.3 is 0 Å². The summed E-state index contributed by atoms with van der Waals surface area (Å²) < 4.78 is 19.0. The van der Waals surface area contributed by atoms with Crippen LogP contribution in [0, 0.1) is 5.82 Å². The SMILES string of the molecule is CC1COC(CN)CN1CC(=O)Nc1ccccc1F. The summed E-state index contributed by atoms with van der Waals surface area (Å²) in [5.74, 6) is -0.671. The van der Waals surface area contributed by atoms with Gasteiger partial charge < -0.3 is 15.8 Å². The van der Waals surface area contributed by atoms with Crippen LogP contribution in [0.25, 0.3) is 0 Å². The van der Waals surface area contributed by atoms with Crippen molar-refractivity contribution in [3.63, 3.8) is 0 Å². The molecule has 1 aliphatic heterocycles. The molecule has 1 saturated heterocycles. The zero-order chi connectivity index (χ0) is 14.5. The van der Waals surface area contributed by atoms with E-state index < -0.39 is 5.82 Å². The molecule has 1 aromatic rings. The summed E-state index contributed by atoms with van der Waals surface area (Å²) in [6.07, 6.45) is -0.0486. The normalized spacial score (nSPS) is 23.6. The average molecular weight is 281 g/mol. The van der Waals surface area contributed by atoms with Gasteiger partial charge in [-0.05, 0) is 19.1 Å². The average Bonchev–Trinajstić information content (AvgIpc) is 2.44. The Morgan fingerprint density at radius 1 is 1.55 bits per heavy atom. The summed E-state index contributed by atoms with van der Waals surface area (Å²) in [5, 5.41) is 2.58. The number of carbonyl (C=O) groups excluding carboxylic acids is 1. The Kier molecular flexibility index (Phi) is 5.05. The Hall–Kier alpha value is -1.50. The van der Waals surface area contributed by atoms with Crippen LogP contribution in [0.3, 0.4) is 0 Å². The van der Waals surface area contributed by atoms with Crippen LogP contribution >= 0.6 is 0 Å². The predicted molar refractivity (Wildman–Crippen MR) is 74.9 cm³/mol. The van der Waals surface area contributed by atoms with E-state index in [2.05, 4.69) is 5.32 Å². The van der Waals surface area contributed by atoms with Gasteiger partial charge in [-0.1, -0.05) is 12.1 Å². The van der Waals surface area contributed by atoms with E-state index in [1.54, 1.807) is 18.2 Å². The number of carbonyl (C=O) groups is 1. The third-order valence-corrected chi connectivity index (χ3v) is 3.39. The molecule has 1 amide bonds. The summed E-state index contributed by atoms with van der Waals surface area (Å²) in [7, 11) is 0. The number of halogens is 1. The van der Waals surface area contributed by atoms with Crippen molar-refractivity contribution in [3.05, 3.63) is 30.1 Å². The number of nitrogens with zero attached hydrogens (tertiary/aromatic N) is 1. The van der Waals surface area contributed by atoms with Gasteiger partial charge in [0.2, 0.25) is 5.91 Å². The largest absolute Gasteiger partial charge is 0.374 e. The number of nitrogens with two attached hydrogens (primary N) is 1. The van der Waals surface area contributed by atoms with Crippen molar-refractivity contribution in [1.82, 2.24) is 4.90 Å². The van der Waals surface area contributed by atoms with Crippen LogP contribution in [0.15, 0.2) is 24.3 Å². The van der Waals surface area contributed by atoms with E-state index in [9.17, 15) is 9.18 Å². The molecule has 0 spiro atoms. The number of anilines is 1. The van der Waals surface area contributed by atoms with Gasteiger partial charge in [0.1, 0.15) is 5.82 Å². The van der Waals surface area contributed by atoms with E-state index in [1.165, 1.54) is 6.07 Å². The number of morpholine rings is 1. The van der Waals surface area contributed by atoms with E-state index in [0.29, 0.717) is 19.7 Å². The fourth-order valence-corrected chi connectivity index (χ4v) is 2.17. The van der Waals surface area contributed by atoms with Gasteiger partial charge in [-0.25, -0.2) is 4.39 Å². The van der Waals surface area contributed by atoms with Gasteiger partial charge in [-0.3, -0.25) is 9.69 Å². The van der Waals surface area contributed by atoms with Crippen LogP contribution in [0.4, 0.5) is 10.1 Å². The Labute approximate surface area is 117 Å². The number of rotatable bonds is 4. The first kappa shape index (κ1) is 14.9. The maximum absolute atomic E-state index is 13.5. The van der Waals surface area contributed by atoms with Crippen molar-refractivity contribution in [3.8, 4) is 0 Å². The summed E-state index contributed by atoms with van der Waals surface area (Å²) in [4.78, 5) is 14.0. The van der Waals surface area contributed by atoms with Crippen molar-refractivity contribution >= 4 is 11.6 Å². The second-order valence-electron chi connectivity index (χ2n) is 5.00. The lowest BCUT2D eigenvalue weighted by Gasteiger charge is -2.37. The number of amides is 1. The molecule has 1 aliphatic rings. The van der Waals surface area contributed by atoms with E-state index >= 15 is 0 Å². The molecule has 1 heterocycles. The Balaban J connectivity index is 1.92. The van der Waals surface area contributed by atoms with Crippen molar-refractivity contribution < 1.29 is 13.9 Å². The summed E-state index contributed by atoms with van der Waals surface area (Å²) in [5.41, 5.74) is 5.79. The Bertz CT molecular complexity index is 469. The van der Waals surface area contributed by atoms with Gasteiger partial charge in [0, 0.05) is 19.1 Å². The molecule has 1 fully saturated rings. The molecule has 2 atom stereocenters. The third kappa shape index (κ3) is 3.75. The maximum Gasteiger partial charge on any atom is 0.238 e. The topological polar surface area (TPSA) is 67.6 Å². The van der Waals surface area contributed by atoms with E-state index in [0.717, 1.165) is 0 Å². The minimum absolute atomic E-state index is 0.0486. The summed E-state index contributed by atoms with van der Waals surface area (Å²) in [6, 6.07) is 6.27. The highest BCUT2D eigenvalue weighted by Gasteiger charge is 2.26. The number of ether oxygens (including phenoxy) is 1. The van der Waals surface area contributed by atoms with Crippen molar-refractivity contribution in [2.45, 2.75) is 19.1 Å². The molecule has 2 rings (SSSR count). The highest BCUT2D eigenvalue weighted by molar-refractivity contribution is 5.92. The second kappa shape index (κ2) is 6.78. The molecule has 0 saturated carbocycles. The molecule has 5 nitrogen and oxygen atoms in total. The molecule has 0 aliphatic carbocycles.